The predicted octanol–water partition coefficient (Wildman–Crippen LogP) is 2.70. The van der Waals surface area contributed by atoms with Crippen LogP contribution >= 0.6 is 0 Å². The van der Waals surface area contributed by atoms with Gasteiger partial charge in [0.2, 0.25) is 0 Å². The van der Waals surface area contributed by atoms with Crippen LogP contribution in [0.15, 0.2) is 54.9 Å². The molecule has 1 aliphatic heterocycles. The number of anilines is 1. The van der Waals surface area contributed by atoms with E-state index in [2.05, 4.69) is 21.8 Å². The minimum Gasteiger partial charge on any atom is -0.319 e. The van der Waals surface area contributed by atoms with Crippen LogP contribution in [0.5, 0.6) is 0 Å². The van der Waals surface area contributed by atoms with Gasteiger partial charge < -0.3 is 10.6 Å². The van der Waals surface area contributed by atoms with Crippen LogP contribution < -0.4 is 10.6 Å². The maximum absolute atomic E-state index is 12.6. The van der Waals surface area contributed by atoms with Crippen LogP contribution in [0.1, 0.15) is 32.6 Å². The van der Waals surface area contributed by atoms with Gasteiger partial charge in [-0.05, 0) is 53.9 Å². The van der Waals surface area contributed by atoms with Crippen molar-refractivity contribution < 1.29 is 4.79 Å². The van der Waals surface area contributed by atoms with Crippen LogP contribution in [0.3, 0.4) is 0 Å². The Balaban J connectivity index is 1.44. The first kappa shape index (κ1) is 17.0. The molecular weight excluding hydrogens is 338 g/mol. The summed E-state index contributed by atoms with van der Waals surface area (Å²) in [6.45, 7) is 2.34. The highest BCUT2D eigenvalue weighted by atomic mass is 16.1. The SMILES string of the molecule is N#Cc1cccc(Cn2cc(NC(=O)c3ccc4c(c3)CCNC4)cn2)c1. The summed E-state index contributed by atoms with van der Waals surface area (Å²) in [7, 11) is 0. The number of nitriles is 1. The Hall–Kier alpha value is -3.43. The molecule has 0 bridgehead atoms. The van der Waals surface area contributed by atoms with Gasteiger partial charge in [0.05, 0.1) is 30.1 Å². The number of hydrogen-bond donors (Lipinski definition) is 2. The molecule has 2 aromatic carbocycles. The molecule has 2 heterocycles. The Morgan fingerprint density at radius 3 is 3.07 bits per heavy atom. The first-order valence-electron chi connectivity index (χ1n) is 8.86. The number of rotatable bonds is 4. The lowest BCUT2D eigenvalue weighted by Crippen LogP contribution is -2.24. The number of aromatic nitrogens is 2. The number of nitrogens with zero attached hydrogens (tertiary/aromatic N) is 3. The summed E-state index contributed by atoms with van der Waals surface area (Å²) in [5.74, 6) is -0.137. The summed E-state index contributed by atoms with van der Waals surface area (Å²) in [6, 6.07) is 15.4. The average Bonchev–Trinajstić information content (AvgIpc) is 3.14. The topological polar surface area (TPSA) is 82.7 Å². The fraction of sp³-hybridized carbons (Fsp3) is 0.190. The summed E-state index contributed by atoms with van der Waals surface area (Å²) < 4.78 is 1.74. The highest BCUT2D eigenvalue weighted by Gasteiger charge is 2.13. The molecule has 1 amide bonds. The number of carbonyl (C=O) groups is 1. The van der Waals surface area contributed by atoms with E-state index in [9.17, 15) is 4.79 Å². The van der Waals surface area contributed by atoms with Crippen molar-refractivity contribution in [3.8, 4) is 6.07 Å². The Morgan fingerprint density at radius 2 is 2.19 bits per heavy atom. The van der Waals surface area contributed by atoms with Crippen LogP contribution in [0.25, 0.3) is 0 Å². The van der Waals surface area contributed by atoms with Crippen LogP contribution in [0.4, 0.5) is 5.69 Å². The summed E-state index contributed by atoms with van der Waals surface area (Å²) in [4.78, 5) is 12.6. The van der Waals surface area contributed by atoms with Crippen molar-refractivity contribution in [1.82, 2.24) is 15.1 Å². The Bertz CT molecular complexity index is 1030. The zero-order valence-corrected chi connectivity index (χ0v) is 14.8. The molecule has 27 heavy (non-hydrogen) atoms. The zero-order valence-electron chi connectivity index (χ0n) is 14.8. The molecule has 0 spiro atoms. The van der Waals surface area contributed by atoms with Crippen molar-refractivity contribution in [1.29, 1.82) is 5.26 Å². The normalized spacial score (nSPS) is 12.9. The van der Waals surface area contributed by atoms with E-state index < -0.39 is 0 Å². The van der Waals surface area contributed by atoms with Gasteiger partial charge >= 0.3 is 0 Å². The van der Waals surface area contributed by atoms with Crippen molar-refractivity contribution >= 4 is 11.6 Å². The molecule has 134 valence electrons. The molecular formula is C21H19N5O. The molecule has 0 atom stereocenters. The van der Waals surface area contributed by atoms with E-state index >= 15 is 0 Å². The minimum atomic E-state index is -0.137. The molecule has 3 aromatic rings. The van der Waals surface area contributed by atoms with Crippen molar-refractivity contribution in [3.63, 3.8) is 0 Å². The summed E-state index contributed by atoms with van der Waals surface area (Å²) >= 11 is 0. The second-order valence-corrected chi connectivity index (χ2v) is 6.60. The van der Waals surface area contributed by atoms with Gasteiger partial charge in [-0.15, -0.1) is 0 Å². The quantitative estimate of drug-likeness (QED) is 0.752. The van der Waals surface area contributed by atoms with Gasteiger partial charge in [-0.1, -0.05) is 18.2 Å². The number of benzene rings is 2. The standard InChI is InChI=1S/C21H19N5O/c22-10-15-2-1-3-16(8-15)13-26-14-20(12-24-26)25-21(27)18-4-5-19-11-23-7-6-17(19)9-18/h1-5,8-9,12,14,23H,6-7,11,13H2,(H,25,27). The fourth-order valence-electron chi connectivity index (χ4n) is 3.26. The van der Waals surface area contributed by atoms with Crippen molar-refractivity contribution in [2.75, 3.05) is 11.9 Å². The van der Waals surface area contributed by atoms with Gasteiger partial charge in [0, 0.05) is 18.3 Å². The monoisotopic (exact) mass is 357 g/mol. The number of fused-ring (bicyclic) bond motifs is 1. The third kappa shape index (κ3) is 3.89. The van der Waals surface area contributed by atoms with E-state index in [0.29, 0.717) is 23.4 Å². The number of amides is 1. The summed E-state index contributed by atoms with van der Waals surface area (Å²) in [5, 5.41) is 19.5. The average molecular weight is 357 g/mol. The lowest BCUT2D eigenvalue weighted by molar-refractivity contribution is 0.102. The Labute approximate surface area is 157 Å². The minimum absolute atomic E-state index is 0.137. The number of carbonyl (C=O) groups excluding carboxylic acids is 1. The molecule has 0 saturated heterocycles. The van der Waals surface area contributed by atoms with Crippen LogP contribution in [-0.2, 0) is 19.5 Å². The van der Waals surface area contributed by atoms with Crippen LogP contribution in [0.2, 0.25) is 0 Å². The second-order valence-electron chi connectivity index (χ2n) is 6.60. The first-order valence-corrected chi connectivity index (χ1v) is 8.86. The van der Waals surface area contributed by atoms with Crippen LogP contribution in [-0.4, -0.2) is 22.2 Å². The third-order valence-corrected chi connectivity index (χ3v) is 4.65. The van der Waals surface area contributed by atoms with Gasteiger partial charge in [0.25, 0.3) is 5.91 Å². The van der Waals surface area contributed by atoms with Gasteiger partial charge in [-0.25, -0.2) is 0 Å². The van der Waals surface area contributed by atoms with Crippen molar-refractivity contribution in [2.45, 2.75) is 19.5 Å². The van der Waals surface area contributed by atoms with E-state index in [4.69, 9.17) is 5.26 Å². The van der Waals surface area contributed by atoms with Crippen molar-refractivity contribution in [2.24, 2.45) is 0 Å². The molecule has 0 unspecified atom stereocenters. The van der Waals surface area contributed by atoms with Crippen molar-refractivity contribution in [3.05, 3.63) is 82.7 Å². The molecule has 0 saturated carbocycles. The molecule has 0 aliphatic carbocycles. The number of hydrogen-bond acceptors (Lipinski definition) is 4. The lowest BCUT2D eigenvalue weighted by atomic mass is 9.98. The van der Waals surface area contributed by atoms with Gasteiger partial charge in [0.1, 0.15) is 0 Å². The van der Waals surface area contributed by atoms with E-state index in [-0.39, 0.29) is 5.91 Å². The maximum Gasteiger partial charge on any atom is 0.255 e. The summed E-state index contributed by atoms with van der Waals surface area (Å²) in [6.07, 6.45) is 4.36. The molecule has 1 aromatic heterocycles. The largest absolute Gasteiger partial charge is 0.319 e. The van der Waals surface area contributed by atoms with Crippen LogP contribution in [0, 0.1) is 11.3 Å². The van der Waals surface area contributed by atoms with Gasteiger partial charge in [0.15, 0.2) is 0 Å². The first-order chi connectivity index (χ1) is 13.2. The molecule has 1 aliphatic rings. The molecule has 4 rings (SSSR count). The highest BCUT2D eigenvalue weighted by molar-refractivity contribution is 6.04. The highest BCUT2D eigenvalue weighted by Crippen LogP contribution is 2.17. The fourth-order valence-corrected chi connectivity index (χ4v) is 3.26. The van der Waals surface area contributed by atoms with Gasteiger partial charge in [-0.3, -0.25) is 9.48 Å². The van der Waals surface area contributed by atoms with E-state index in [1.54, 1.807) is 23.1 Å². The van der Waals surface area contributed by atoms with E-state index in [1.807, 2.05) is 36.4 Å². The summed E-state index contributed by atoms with van der Waals surface area (Å²) in [5.41, 5.74) is 5.40. The van der Waals surface area contributed by atoms with E-state index in [1.165, 1.54) is 11.1 Å². The lowest BCUT2D eigenvalue weighted by Gasteiger charge is -2.17. The van der Waals surface area contributed by atoms with Gasteiger partial charge in [-0.2, -0.15) is 10.4 Å². The zero-order chi connectivity index (χ0) is 18.6. The molecule has 6 heteroatoms. The second kappa shape index (κ2) is 7.44. The smallest absolute Gasteiger partial charge is 0.255 e. The molecule has 2 N–H and O–H groups in total. The Morgan fingerprint density at radius 1 is 1.26 bits per heavy atom. The maximum atomic E-state index is 12.6. The Kier molecular flexibility index (Phi) is 4.69. The number of nitrogens with one attached hydrogen (secondary N) is 2. The predicted molar refractivity (Wildman–Crippen MR) is 102 cm³/mol. The molecule has 0 radical (unpaired) electrons. The molecule has 0 fully saturated rings. The third-order valence-electron chi connectivity index (χ3n) is 4.65. The van der Waals surface area contributed by atoms with E-state index in [0.717, 1.165) is 25.1 Å². The molecule has 6 nitrogen and oxygen atoms in total.